The number of alkyl halides is 3. The Morgan fingerprint density at radius 1 is 1.19 bits per heavy atom. The molecular formula is C25H27F3N6OS. The van der Waals surface area contributed by atoms with Crippen LogP contribution in [0.2, 0.25) is 0 Å². The third-order valence-electron chi connectivity index (χ3n) is 7.22. The van der Waals surface area contributed by atoms with Crippen LogP contribution in [0.3, 0.4) is 0 Å². The first-order valence-corrected chi connectivity index (χ1v) is 12.9. The highest BCUT2D eigenvalue weighted by molar-refractivity contribution is 7.09. The highest BCUT2D eigenvalue weighted by Crippen LogP contribution is 2.40. The Kier molecular flexibility index (Phi) is 6.87. The lowest BCUT2D eigenvalue weighted by Gasteiger charge is -2.48. The average molecular weight is 517 g/mol. The standard InChI is InChI=1S/C25H27F3N6OS/c26-25(27,28)16-1-2-21-20(9-16)22(10-17(11-29)33-21)32-8-7-31-18-13-34(14-18)19-3-5-24(35,6-4-19)23-12-30-15-36-23/h1-2,9-10,12,15,18-19,31,35H,3-8,13-14H2,(H,32,33). The van der Waals surface area contributed by atoms with E-state index in [2.05, 4.69) is 25.5 Å². The van der Waals surface area contributed by atoms with Gasteiger partial charge in [0.2, 0.25) is 0 Å². The maximum Gasteiger partial charge on any atom is 0.416 e. The Bertz CT molecular complexity index is 1250. The molecule has 2 aromatic heterocycles. The number of likely N-dealkylation sites (tertiary alicyclic amines) is 1. The summed E-state index contributed by atoms with van der Waals surface area (Å²) < 4.78 is 39.5. The number of nitriles is 1. The molecule has 0 atom stereocenters. The predicted molar refractivity (Wildman–Crippen MR) is 132 cm³/mol. The molecule has 1 saturated heterocycles. The topological polar surface area (TPSA) is 97.1 Å². The van der Waals surface area contributed by atoms with E-state index in [1.54, 1.807) is 11.7 Å². The van der Waals surface area contributed by atoms with Crippen molar-refractivity contribution < 1.29 is 18.3 Å². The predicted octanol–water partition coefficient (Wildman–Crippen LogP) is 4.10. The molecule has 1 aromatic carbocycles. The normalized spacial score (nSPS) is 23.4. The van der Waals surface area contributed by atoms with Gasteiger partial charge in [-0.25, -0.2) is 4.98 Å². The van der Waals surface area contributed by atoms with Crippen LogP contribution in [0, 0.1) is 11.3 Å². The Morgan fingerprint density at radius 3 is 2.64 bits per heavy atom. The molecule has 1 saturated carbocycles. The number of thiazole rings is 1. The first-order chi connectivity index (χ1) is 17.2. The minimum absolute atomic E-state index is 0.155. The van der Waals surface area contributed by atoms with Crippen LogP contribution in [-0.4, -0.2) is 58.2 Å². The van der Waals surface area contributed by atoms with Crippen molar-refractivity contribution in [1.29, 1.82) is 5.26 Å². The molecule has 0 unspecified atom stereocenters. The number of fused-ring (bicyclic) bond motifs is 1. The number of pyridine rings is 1. The van der Waals surface area contributed by atoms with Crippen LogP contribution < -0.4 is 10.6 Å². The zero-order valence-corrected chi connectivity index (χ0v) is 20.4. The second kappa shape index (κ2) is 9.94. The largest absolute Gasteiger partial charge is 0.416 e. The van der Waals surface area contributed by atoms with Crippen LogP contribution in [0.1, 0.15) is 41.8 Å². The molecule has 0 radical (unpaired) electrons. The maximum atomic E-state index is 13.2. The smallest absolute Gasteiger partial charge is 0.384 e. The van der Waals surface area contributed by atoms with E-state index in [9.17, 15) is 23.5 Å². The van der Waals surface area contributed by atoms with E-state index >= 15 is 0 Å². The number of benzene rings is 1. The number of anilines is 1. The van der Waals surface area contributed by atoms with Gasteiger partial charge in [-0.1, -0.05) is 0 Å². The lowest BCUT2D eigenvalue weighted by atomic mass is 9.80. The van der Waals surface area contributed by atoms with Gasteiger partial charge in [0.15, 0.2) is 0 Å². The number of nitrogens with zero attached hydrogens (tertiary/aromatic N) is 4. The van der Waals surface area contributed by atoms with Crippen molar-refractivity contribution in [1.82, 2.24) is 20.2 Å². The molecule has 190 valence electrons. The van der Waals surface area contributed by atoms with Gasteiger partial charge in [0, 0.05) is 55.5 Å². The van der Waals surface area contributed by atoms with Crippen LogP contribution in [0.15, 0.2) is 36.0 Å². The van der Waals surface area contributed by atoms with Crippen LogP contribution >= 0.6 is 11.3 Å². The van der Waals surface area contributed by atoms with Crippen LogP contribution in [-0.2, 0) is 11.8 Å². The molecule has 2 fully saturated rings. The summed E-state index contributed by atoms with van der Waals surface area (Å²) in [6, 6.07) is 7.65. The Labute approximate surface area is 211 Å². The lowest BCUT2D eigenvalue weighted by Crippen LogP contribution is -2.62. The summed E-state index contributed by atoms with van der Waals surface area (Å²) in [6.45, 7) is 3.02. The van der Waals surface area contributed by atoms with E-state index in [4.69, 9.17) is 0 Å². The SMILES string of the molecule is N#Cc1cc(NCCNC2CN(C3CCC(O)(c4cncs4)CC3)C2)c2cc(C(F)(F)F)ccc2n1. The molecule has 1 aliphatic heterocycles. The minimum Gasteiger partial charge on any atom is -0.384 e. The molecule has 2 aliphatic rings. The third-order valence-corrected chi connectivity index (χ3v) is 8.19. The number of nitrogens with one attached hydrogen (secondary N) is 2. The van der Waals surface area contributed by atoms with E-state index in [0.717, 1.165) is 55.8 Å². The van der Waals surface area contributed by atoms with E-state index in [1.165, 1.54) is 23.5 Å². The Morgan fingerprint density at radius 2 is 1.97 bits per heavy atom. The van der Waals surface area contributed by atoms with Crippen molar-refractivity contribution in [3.63, 3.8) is 0 Å². The van der Waals surface area contributed by atoms with Gasteiger partial charge in [0.25, 0.3) is 0 Å². The van der Waals surface area contributed by atoms with E-state index in [0.29, 0.717) is 41.8 Å². The second-order valence-electron chi connectivity index (χ2n) is 9.56. The van der Waals surface area contributed by atoms with Gasteiger partial charge in [-0.3, -0.25) is 9.88 Å². The average Bonchev–Trinajstić information content (AvgIpc) is 3.38. The summed E-state index contributed by atoms with van der Waals surface area (Å²) in [4.78, 5) is 11.6. The van der Waals surface area contributed by atoms with Gasteiger partial charge in [-0.15, -0.1) is 11.3 Å². The zero-order chi connectivity index (χ0) is 25.3. The van der Waals surface area contributed by atoms with Gasteiger partial charge < -0.3 is 15.7 Å². The molecule has 1 aliphatic carbocycles. The highest BCUT2D eigenvalue weighted by Gasteiger charge is 2.40. The van der Waals surface area contributed by atoms with Crippen molar-refractivity contribution in [3.8, 4) is 6.07 Å². The van der Waals surface area contributed by atoms with E-state index in [-0.39, 0.29) is 5.69 Å². The highest BCUT2D eigenvalue weighted by atomic mass is 32.1. The number of aliphatic hydroxyl groups is 1. The minimum atomic E-state index is -4.45. The van der Waals surface area contributed by atoms with Gasteiger partial charge in [-0.05, 0) is 49.9 Å². The summed E-state index contributed by atoms with van der Waals surface area (Å²) in [5, 5.41) is 27.2. The van der Waals surface area contributed by atoms with Crippen LogP contribution in [0.4, 0.5) is 18.9 Å². The molecule has 0 bridgehead atoms. The number of aromatic nitrogens is 2. The van der Waals surface area contributed by atoms with Crippen LogP contribution in [0.5, 0.6) is 0 Å². The first kappa shape index (κ1) is 24.9. The second-order valence-corrected chi connectivity index (χ2v) is 10.4. The quantitative estimate of drug-likeness (QED) is 0.407. The molecule has 7 nitrogen and oxygen atoms in total. The number of halogens is 3. The maximum absolute atomic E-state index is 13.2. The number of hydrogen-bond acceptors (Lipinski definition) is 8. The van der Waals surface area contributed by atoms with Crippen molar-refractivity contribution in [2.45, 2.75) is 49.5 Å². The first-order valence-electron chi connectivity index (χ1n) is 12.0. The lowest BCUT2D eigenvalue weighted by molar-refractivity contribution is -0.137. The third kappa shape index (κ3) is 5.18. The van der Waals surface area contributed by atoms with Gasteiger partial charge in [-0.2, -0.15) is 18.4 Å². The fourth-order valence-corrected chi connectivity index (χ4v) is 5.94. The van der Waals surface area contributed by atoms with Crippen molar-refractivity contribution in [2.75, 3.05) is 31.5 Å². The van der Waals surface area contributed by atoms with E-state index in [1.807, 2.05) is 6.07 Å². The Hall–Kier alpha value is -2.78. The van der Waals surface area contributed by atoms with Gasteiger partial charge >= 0.3 is 6.18 Å². The van der Waals surface area contributed by atoms with Crippen molar-refractivity contribution in [3.05, 3.63) is 52.1 Å². The van der Waals surface area contributed by atoms with Gasteiger partial charge in [0.1, 0.15) is 17.4 Å². The zero-order valence-electron chi connectivity index (χ0n) is 19.6. The summed E-state index contributed by atoms with van der Waals surface area (Å²) in [5.41, 5.74) is 1.25. The number of rotatable bonds is 7. The molecule has 11 heteroatoms. The summed E-state index contributed by atoms with van der Waals surface area (Å²) in [5.74, 6) is 0. The summed E-state index contributed by atoms with van der Waals surface area (Å²) in [7, 11) is 0. The molecule has 3 aromatic rings. The van der Waals surface area contributed by atoms with Gasteiger partial charge in [0.05, 0.1) is 21.5 Å². The Balaban J connectivity index is 1.10. The molecular weight excluding hydrogens is 489 g/mol. The fourth-order valence-electron chi connectivity index (χ4n) is 5.16. The monoisotopic (exact) mass is 516 g/mol. The van der Waals surface area contributed by atoms with Crippen molar-refractivity contribution >= 4 is 27.9 Å². The molecule has 0 spiro atoms. The summed E-state index contributed by atoms with van der Waals surface area (Å²) in [6.07, 6.45) is 0.735. The van der Waals surface area contributed by atoms with E-state index < -0.39 is 17.3 Å². The van der Waals surface area contributed by atoms with Crippen molar-refractivity contribution in [2.24, 2.45) is 0 Å². The molecule has 3 heterocycles. The molecule has 36 heavy (non-hydrogen) atoms. The molecule has 5 rings (SSSR count). The molecule has 0 amide bonds. The van der Waals surface area contributed by atoms with Crippen LogP contribution in [0.25, 0.3) is 10.9 Å². The number of hydrogen-bond donors (Lipinski definition) is 3. The molecule has 3 N–H and O–H groups in total. The fraction of sp³-hybridized carbons (Fsp3) is 0.480. The summed E-state index contributed by atoms with van der Waals surface area (Å²) >= 11 is 1.51.